The zero-order valence-electron chi connectivity index (χ0n) is 8.50. The predicted molar refractivity (Wildman–Crippen MR) is 55.1 cm³/mol. The quantitative estimate of drug-likeness (QED) is 0.587. The van der Waals surface area contributed by atoms with Gasteiger partial charge in [0.1, 0.15) is 6.04 Å². The molecule has 16 heavy (non-hydrogen) atoms. The lowest BCUT2D eigenvalue weighted by molar-refractivity contribution is -0.529. The molecular weight excluding hydrogens is 210 g/mol. The van der Waals surface area contributed by atoms with E-state index < -0.39 is 12.1 Å². The van der Waals surface area contributed by atoms with Crippen molar-refractivity contribution in [3.05, 3.63) is 40.2 Å². The molecule has 1 saturated heterocycles. The Morgan fingerprint density at radius 3 is 3.00 bits per heavy atom. The molecule has 1 aliphatic heterocycles. The summed E-state index contributed by atoms with van der Waals surface area (Å²) in [6, 6.07) is 2.11. The van der Waals surface area contributed by atoms with E-state index in [2.05, 4.69) is 10.3 Å². The van der Waals surface area contributed by atoms with Crippen LogP contribution >= 0.6 is 0 Å². The van der Waals surface area contributed by atoms with Crippen LogP contribution in [0.2, 0.25) is 0 Å². The van der Waals surface area contributed by atoms with Gasteiger partial charge in [0.15, 0.2) is 0 Å². The van der Waals surface area contributed by atoms with Gasteiger partial charge in [-0.3, -0.25) is 19.9 Å². The van der Waals surface area contributed by atoms with Crippen molar-refractivity contribution < 1.29 is 9.72 Å². The van der Waals surface area contributed by atoms with Crippen molar-refractivity contribution in [1.29, 1.82) is 0 Å². The number of nitrogens with zero attached hydrogens (tertiary/aromatic N) is 2. The maximum absolute atomic E-state index is 11.3. The Morgan fingerprint density at radius 2 is 2.38 bits per heavy atom. The van der Waals surface area contributed by atoms with E-state index in [1.165, 1.54) is 0 Å². The van der Waals surface area contributed by atoms with Crippen molar-refractivity contribution in [2.75, 3.05) is 0 Å². The van der Waals surface area contributed by atoms with E-state index in [-0.39, 0.29) is 23.7 Å². The Bertz CT molecular complexity index is 407. The molecule has 2 rings (SSSR count). The van der Waals surface area contributed by atoms with Gasteiger partial charge in [0, 0.05) is 30.2 Å². The number of carbonyl (C=O) groups is 1. The highest BCUT2D eigenvalue weighted by Gasteiger charge is 2.38. The largest absolute Gasteiger partial charge is 0.343 e. The highest BCUT2D eigenvalue weighted by atomic mass is 16.6. The number of amides is 1. The molecule has 1 aromatic heterocycles. The molecule has 0 spiro atoms. The highest BCUT2D eigenvalue weighted by molar-refractivity contribution is 5.77. The molecule has 0 saturated carbocycles. The van der Waals surface area contributed by atoms with Gasteiger partial charge in [0.25, 0.3) is 0 Å². The fourth-order valence-corrected chi connectivity index (χ4v) is 1.88. The van der Waals surface area contributed by atoms with Crippen LogP contribution in [0.4, 0.5) is 0 Å². The number of pyridine rings is 1. The number of nitrogens with one attached hydrogen (secondary N) is 1. The van der Waals surface area contributed by atoms with Gasteiger partial charge in [-0.05, 0) is 11.6 Å². The van der Waals surface area contributed by atoms with Gasteiger partial charge in [-0.15, -0.1) is 0 Å². The van der Waals surface area contributed by atoms with Gasteiger partial charge in [0.2, 0.25) is 11.9 Å². The first-order chi connectivity index (χ1) is 7.68. The molecule has 1 aromatic rings. The fraction of sp³-hybridized carbons (Fsp3) is 0.400. The number of carbonyl (C=O) groups excluding carboxylic acids is 1. The van der Waals surface area contributed by atoms with E-state index in [1.54, 1.807) is 24.5 Å². The summed E-state index contributed by atoms with van der Waals surface area (Å²) in [5.74, 6) is -0.146. The van der Waals surface area contributed by atoms with E-state index in [1.807, 2.05) is 0 Å². The third-order valence-electron chi connectivity index (χ3n) is 2.68. The Hall–Kier alpha value is -1.98. The summed E-state index contributed by atoms with van der Waals surface area (Å²) in [4.78, 5) is 25.7. The number of rotatable bonds is 2. The molecule has 6 nitrogen and oxygen atoms in total. The maximum atomic E-state index is 11.3. The summed E-state index contributed by atoms with van der Waals surface area (Å²) >= 11 is 0. The van der Waals surface area contributed by atoms with E-state index in [0.717, 1.165) is 0 Å². The SMILES string of the molecule is O=C1CC[C@@H]([N+](=O)[O-])[C@H](c2cccnc2)N1. The molecule has 84 valence electrons. The van der Waals surface area contributed by atoms with E-state index in [9.17, 15) is 14.9 Å². The van der Waals surface area contributed by atoms with Crippen molar-refractivity contribution >= 4 is 5.91 Å². The molecule has 1 N–H and O–H groups in total. The molecule has 0 unspecified atom stereocenters. The Balaban J connectivity index is 2.27. The smallest absolute Gasteiger partial charge is 0.237 e. The number of aromatic nitrogens is 1. The number of nitro groups is 1. The van der Waals surface area contributed by atoms with E-state index in [4.69, 9.17) is 0 Å². The molecular formula is C10H11N3O3. The Kier molecular flexibility index (Phi) is 2.80. The molecule has 6 heteroatoms. The van der Waals surface area contributed by atoms with Gasteiger partial charge >= 0.3 is 0 Å². The zero-order valence-corrected chi connectivity index (χ0v) is 8.50. The van der Waals surface area contributed by atoms with Gasteiger partial charge in [0.05, 0.1) is 0 Å². The van der Waals surface area contributed by atoms with Crippen LogP contribution in [-0.4, -0.2) is 21.9 Å². The predicted octanol–water partition coefficient (Wildman–Crippen LogP) is 0.678. The standard InChI is InChI=1S/C10H11N3O3/c14-9-4-3-8(13(15)16)10(12-9)7-2-1-5-11-6-7/h1-2,5-6,8,10H,3-4H2,(H,12,14)/t8-,10+/m1/s1. The minimum absolute atomic E-state index is 0.146. The summed E-state index contributed by atoms with van der Waals surface area (Å²) in [5, 5.41) is 13.5. The van der Waals surface area contributed by atoms with Crippen molar-refractivity contribution in [2.24, 2.45) is 0 Å². The lowest BCUT2D eigenvalue weighted by Crippen LogP contribution is -2.45. The van der Waals surface area contributed by atoms with Crippen LogP contribution in [0.5, 0.6) is 0 Å². The first-order valence-electron chi connectivity index (χ1n) is 5.01. The summed E-state index contributed by atoms with van der Waals surface area (Å²) in [6.07, 6.45) is 3.63. The zero-order chi connectivity index (χ0) is 11.5. The first-order valence-corrected chi connectivity index (χ1v) is 5.01. The average molecular weight is 221 g/mol. The van der Waals surface area contributed by atoms with Crippen LogP contribution in [-0.2, 0) is 4.79 Å². The van der Waals surface area contributed by atoms with Crippen molar-refractivity contribution in [3.8, 4) is 0 Å². The van der Waals surface area contributed by atoms with Crippen LogP contribution in [0.15, 0.2) is 24.5 Å². The lowest BCUT2D eigenvalue weighted by atomic mass is 9.93. The second-order valence-corrected chi connectivity index (χ2v) is 3.72. The van der Waals surface area contributed by atoms with Crippen molar-refractivity contribution in [1.82, 2.24) is 10.3 Å². The third kappa shape index (κ3) is 2.00. The number of hydrogen-bond donors (Lipinski definition) is 1. The van der Waals surface area contributed by atoms with Gasteiger partial charge in [-0.2, -0.15) is 0 Å². The van der Waals surface area contributed by atoms with E-state index in [0.29, 0.717) is 5.56 Å². The van der Waals surface area contributed by atoms with Crippen LogP contribution in [0.25, 0.3) is 0 Å². The Morgan fingerprint density at radius 1 is 1.56 bits per heavy atom. The van der Waals surface area contributed by atoms with Crippen LogP contribution in [0.1, 0.15) is 24.4 Å². The van der Waals surface area contributed by atoms with Gasteiger partial charge in [-0.25, -0.2) is 0 Å². The minimum Gasteiger partial charge on any atom is -0.343 e. The van der Waals surface area contributed by atoms with Crippen LogP contribution in [0, 0.1) is 10.1 Å². The summed E-state index contributed by atoms with van der Waals surface area (Å²) in [6.45, 7) is 0. The lowest BCUT2D eigenvalue weighted by Gasteiger charge is -2.26. The summed E-state index contributed by atoms with van der Waals surface area (Å²) in [7, 11) is 0. The number of hydrogen-bond acceptors (Lipinski definition) is 4. The molecule has 0 aromatic carbocycles. The third-order valence-corrected chi connectivity index (χ3v) is 2.68. The second kappa shape index (κ2) is 4.26. The minimum atomic E-state index is -0.762. The van der Waals surface area contributed by atoms with E-state index >= 15 is 0 Å². The monoisotopic (exact) mass is 221 g/mol. The molecule has 2 heterocycles. The van der Waals surface area contributed by atoms with Gasteiger partial charge in [-0.1, -0.05) is 6.07 Å². The van der Waals surface area contributed by atoms with Crippen LogP contribution < -0.4 is 5.32 Å². The summed E-state index contributed by atoms with van der Waals surface area (Å²) in [5.41, 5.74) is 0.678. The topological polar surface area (TPSA) is 85.1 Å². The molecule has 1 aliphatic rings. The van der Waals surface area contributed by atoms with Crippen LogP contribution in [0.3, 0.4) is 0 Å². The molecule has 0 bridgehead atoms. The average Bonchev–Trinajstić information content (AvgIpc) is 2.29. The van der Waals surface area contributed by atoms with Crippen molar-refractivity contribution in [2.45, 2.75) is 24.9 Å². The second-order valence-electron chi connectivity index (χ2n) is 3.72. The maximum Gasteiger partial charge on any atom is 0.237 e. The molecule has 0 aliphatic carbocycles. The first kappa shape index (κ1) is 10.5. The normalized spacial score (nSPS) is 24.9. The fourth-order valence-electron chi connectivity index (χ4n) is 1.88. The van der Waals surface area contributed by atoms with Crippen molar-refractivity contribution in [3.63, 3.8) is 0 Å². The molecule has 2 atom stereocenters. The molecule has 1 amide bonds. The Labute approximate surface area is 91.8 Å². The molecule has 0 radical (unpaired) electrons. The summed E-state index contributed by atoms with van der Waals surface area (Å²) < 4.78 is 0. The molecule has 1 fully saturated rings. The van der Waals surface area contributed by atoms with Gasteiger partial charge < -0.3 is 5.32 Å². The highest BCUT2D eigenvalue weighted by Crippen LogP contribution is 2.25. The number of piperidine rings is 1.